The van der Waals surface area contributed by atoms with Gasteiger partial charge in [-0.3, -0.25) is 4.90 Å². The van der Waals surface area contributed by atoms with Crippen LogP contribution in [0.4, 0.5) is 5.69 Å². The van der Waals surface area contributed by atoms with Crippen molar-refractivity contribution in [2.45, 2.75) is 40.0 Å². The fourth-order valence-electron chi connectivity index (χ4n) is 4.20. The van der Waals surface area contributed by atoms with Crippen LogP contribution in [0.25, 0.3) is 0 Å². The van der Waals surface area contributed by atoms with Gasteiger partial charge in [-0.25, -0.2) is 0 Å². The molecule has 1 aromatic rings. The van der Waals surface area contributed by atoms with E-state index >= 15 is 0 Å². The first-order valence-corrected chi connectivity index (χ1v) is 9.39. The smallest absolute Gasteiger partial charge is 0.0399 e. The molecular formula is C21H32N2. The van der Waals surface area contributed by atoms with Crippen molar-refractivity contribution < 1.29 is 0 Å². The van der Waals surface area contributed by atoms with Gasteiger partial charge in [0.15, 0.2) is 0 Å². The summed E-state index contributed by atoms with van der Waals surface area (Å²) in [5.74, 6) is 1.68. The Hall–Kier alpha value is -1.28. The van der Waals surface area contributed by atoms with Crippen molar-refractivity contribution in [1.29, 1.82) is 0 Å². The van der Waals surface area contributed by atoms with Crippen LogP contribution in [0.2, 0.25) is 0 Å². The molecule has 126 valence electrons. The lowest BCUT2D eigenvalue weighted by Crippen LogP contribution is -2.48. The van der Waals surface area contributed by atoms with E-state index in [1.165, 1.54) is 68.8 Å². The highest BCUT2D eigenvalue weighted by Crippen LogP contribution is 2.29. The molecule has 1 aliphatic heterocycles. The number of anilines is 1. The minimum Gasteiger partial charge on any atom is -0.369 e. The van der Waals surface area contributed by atoms with Crippen LogP contribution >= 0.6 is 0 Å². The van der Waals surface area contributed by atoms with Crippen molar-refractivity contribution in [3.63, 3.8) is 0 Å². The average molecular weight is 313 g/mol. The Labute approximate surface area is 142 Å². The molecule has 1 heterocycles. The predicted molar refractivity (Wildman–Crippen MR) is 100 cm³/mol. The van der Waals surface area contributed by atoms with Crippen LogP contribution in [-0.2, 0) is 0 Å². The largest absolute Gasteiger partial charge is 0.369 e. The Morgan fingerprint density at radius 1 is 1.13 bits per heavy atom. The summed E-state index contributed by atoms with van der Waals surface area (Å²) in [6.07, 6.45) is 8.83. The highest BCUT2D eigenvalue weighted by molar-refractivity contribution is 5.56. The van der Waals surface area contributed by atoms with Crippen LogP contribution in [0, 0.1) is 25.7 Å². The molecule has 2 aliphatic rings. The van der Waals surface area contributed by atoms with E-state index in [2.05, 4.69) is 60.9 Å². The fraction of sp³-hybridized carbons (Fsp3) is 0.619. The summed E-state index contributed by atoms with van der Waals surface area (Å²) in [6.45, 7) is 12.9. The summed E-state index contributed by atoms with van der Waals surface area (Å²) >= 11 is 0. The van der Waals surface area contributed by atoms with Crippen molar-refractivity contribution >= 4 is 5.69 Å². The van der Waals surface area contributed by atoms with Crippen molar-refractivity contribution in [2.24, 2.45) is 11.8 Å². The van der Waals surface area contributed by atoms with Gasteiger partial charge in [-0.15, -0.1) is 0 Å². The number of nitrogens with zero attached hydrogens (tertiary/aromatic N) is 2. The normalized spacial score (nSPS) is 23.4. The van der Waals surface area contributed by atoms with Gasteiger partial charge in [-0.1, -0.05) is 37.6 Å². The Kier molecular flexibility index (Phi) is 5.42. The molecule has 0 amide bonds. The van der Waals surface area contributed by atoms with Gasteiger partial charge >= 0.3 is 0 Å². The van der Waals surface area contributed by atoms with Gasteiger partial charge in [0, 0.05) is 38.4 Å². The van der Waals surface area contributed by atoms with E-state index in [9.17, 15) is 0 Å². The number of piperazine rings is 1. The second-order valence-electron chi connectivity index (χ2n) is 7.34. The first-order chi connectivity index (χ1) is 11.2. The summed E-state index contributed by atoms with van der Waals surface area (Å²) in [4.78, 5) is 5.28. The number of benzene rings is 1. The lowest BCUT2D eigenvalue weighted by molar-refractivity contribution is 0.191. The van der Waals surface area contributed by atoms with Crippen molar-refractivity contribution in [2.75, 3.05) is 37.6 Å². The number of rotatable bonds is 5. The molecule has 0 spiro atoms. The number of allylic oxidation sites excluding steroid dienone is 2. The lowest BCUT2D eigenvalue weighted by atomic mass is 9.89. The van der Waals surface area contributed by atoms with E-state index in [1.54, 1.807) is 0 Å². The monoisotopic (exact) mass is 312 g/mol. The van der Waals surface area contributed by atoms with Gasteiger partial charge in [-0.05, 0) is 55.7 Å². The third kappa shape index (κ3) is 3.80. The Morgan fingerprint density at radius 3 is 2.57 bits per heavy atom. The Morgan fingerprint density at radius 2 is 1.91 bits per heavy atom. The predicted octanol–water partition coefficient (Wildman–Crippen LogP) is 4.42. The van der Waals surface area contributed by atoms with Gasteiger partial charge in [-0.2, -0.15) is 0 Å². The third-order valence-corrected chi connectivity index (χ3v) is 5.96. The minimum absolute atomic E-state index is 0.831. The van der Waals surface area contributed by atoms with E-state index in [4.69, 9.17) is 0 Å². The molecule has 2 atom stereocenters. The maximum absolute atomic E-state index is 2.70. The van der Waals surface area contributed by atoms with Gasteiger partial charge in [0.05, 0.1) is 0 Å². The summed E-state index contributed by atoms with van der Waals surface area (Å²) < 4.78 is 0. The number of hydrogen-bond donors (Lipinski definition) is 0. The van der Waals surface area contributed by atoms with E-state index in [0.717, 1.165) is 11.8 Å². The highest BCUT2D eigenvalue weighted by atomic mass is 15.3. The molecule has 0 radical (unpaired) electrons. The van der Waals surface area contributed by atoms with Gasteiger partial charge in [0.25, 0.3) is 0 Å². The summed E-state index contributed by atoms with van der Waals surface area (Å²) in [5, 5.41) is 0. The van der Waals surface area contributed by atoms with Crippen LogP contribution in [0.3, 0.4) is 0 Å². The van der Waals surface area contributed by atoms with Crippen LogP contribution < -0.4 is 4.90 Å². The fourth-order valence-corrected chi connectivity index (χ4v) is 4.20. The molecular weight excluding hydrogens is 280 g/mol. The Bertz CT molecular complexity index is 541. The minimum atomic E-state index is 0.831. The molecule has 0 saturated carbocycles. The lowest BCUT2D eigenvalue weighted by Gasteiger charge is -2.39. The van der Waals surface area contributed by atoms with Crippen LogP contribution in [0.15, 0.2) is 30.4 Å². The molecule has 2 heteroatoms. The van der Waals surface area contributed by atoms with Crippen LogP contribution in [0.1, 0.15) is 37.3 Å². The summed E-state index contributed by atoms with van der Waals surface area (Å²) in [5.41, 5.74) is 4.29. The average Bonchev–Trinajstić information content (AvgIpc) is 3.10. The molecule has 0 aromatic heterocycles. The standard InChI is InChI=1S/C21H32N2/c1-4-19(20-9-5-6-10-20)16-22-12-14-23(15-13-22)21-11-7-8-17(2)18(21)3/h5,7-9,11,19-20H,4,6,10,12-16H2,1-3H3. The quantitative estimate of drug-likeness (QED) is 0.743. The zero-order valence-corrected chi connectivity index (χ0v) is 15.1. The molecule has 0 N–H and O–H groups in total. The molecule has 1 aromatic carbocycles. The van der Waals surface area contributed by atoms with Gasteiger partial charge in [0.2, 0.25) is 0 Å². The molecule has 0 bridgehead atoms. The molecule has 2 nitrogen and oxygen atoms in total. The molecule has 1 fully saturated rings. The SMILES string of the molecule is CCC(CN1CCN(c2cccc(C)c2C)CC1)C1C=CCC1. The first-order valence-electron chi connectivity index (χ1n) is 9.39. The number of aryl methyl sites for hydroxylation is 1. The van der Waals surface area contributed by atoms with E-state index in [0.29, 0.717) is 0 Å². The highest BCUT2D eigenvalue weighted by Gasteiger charge is 2.25. The van der Waals surface area contributed by atoms with Crippen LogP contribution in [-0.4, -0.2) is 37.6 Å². The summed E-state index contributed by atoms with van der Waals surface area (Å²) in [6, 6.07) is 6.70. The van der Waals surface area contributed by atoms with E-state index in [-0.39, 0.29) is 0 Å². The maximum atomic E-state index is 2.70. The Balaban J connectivity index is 1.55. The molecule has 3 rings (SSSR count). The molecule has 2 unspecified atom stereocenters. The zero-order chi connectivity index (χ0) is 16.2. The van der Waals surface area contributed by atoms with Gasteiger partial charge < -0.3 is 4.90 Å². The van der Waals surface area contributed by atoms with Gasteiger partial charge in [0.1, 0.15) is 0 Å². The molecule has 23 heavy (non-hydrogen) atoms. The van der Waals surface area contributed by atoms with Crippen molar-refractivity contribution in [1.82, 2.24) is 4.90 Å². The maximum Gasteiger partial charge on any atom is 0.0399 e. The van der Waals surface area contributed by atoms with E-state index < -0.39 is 0 Å². The van der Waals surface area contributed by atoms with Crippen molar-refractivity contribution in [3.8, 4) is 0 Å². The second-order valence-corrected chi connectivity index (χ2v) is 7.34. The topological polar surface area (TPSA) is 6.48 Å². The number of hydrogen-bond acceptors (Lipinski definition) is 2. The van der Waals surface area contributed by atoms with E-state index in [1.807, 2.05) is 0 Å². The van der Waals surface area contributed by atoms with Crippen molar-refractivity contribution in [3.05, 3.63) is 41.5 Å². The third-order valence-electron chi connectivity index (χ3n) is 5.96. The zero-order valence-electron chi connectivity index (χ0n) is 15.1. The molecule has 1 saturated heterocycles. The van der Waals surface area contributed by atoms with Crippen LogP contribution in [0.5, 0.6) is 0 Å². The molecule has 1 aliphatic carbocycles. The first kappa shape index (κ1) is 16.6. The second kappa shape index (κ2) is 7.53. The summed E-state index contributed by atoms with van der Waals surface area (Å²) in [7, 11) is 0.